The molecule has 1 aromatic carbocycles. The fourth-order valence-corrected chi connectivity index (χ4v) is 3.09. The number of rotatable bonds is 11. The van der Waals surface area contributed by atoms with Crippen molar-refractivity contribution in [2.75, 3.05) is 36.2 Å². The molecule has 0 spiro atoms. The molecule has 2 rings (SSSR count). The van der Waals surface area contributed by atoms with Crippen molar-refractivity contribution in [1.82, 2.24) is 4.98 Å². The number of methoxy groups -OCH3 is 1. The number of hydrogen-bond acceptors (Lipinski definition) is 13. The number of para-hydroxylation sites is 2. The Labute approximate surface area is 210 Å². The van der Waals surface area contributed by atoms with E-state index < -0.39 is 27.1 Å². The highest BCUT2D eigenvalue weighted by Crippen LogP contribution is 2.38. The molecule has 1 aromatic heterocycles. The largest absolute Gasteiger partial charge is 0.510 e. The lowest BCUT2D eigenvalue weighted by Crippen LogP contribution is -2.35. The molecule has 1 amide bonds. The Hall–Kier alpha value is -3.42. The van der Waals surface area contributed by atoms with E-state index in [-0.39, 0.29) is 17.5 Å². The number of nitrogens with two attached hydrogens (primary N) is 5. The molecular weight excluding hydrogens is 493 g/mol. The lowest BCUT2D eigenvalue weighted by atomic mass is 10.1. The number of carbonyl (C=O) groups excluding carboxylic acids is 2. The summed E-state index contributed by atoms with van der Waals surface area (Å²) in [7, 11) is -1.10. The van der Waals surface area contributed by atoms with Gasteiger partial charge in [-0.25, -0.2) is 9.78 Å². The summed E-state index contributed by atoms with van der Waals surface area (Å²) >= 11 is 0. The second kappa shape index (κ2) is 16.3. The van der Waals surface area contributed by atoms with E-state index in [9.17, 15) is 14.5 Å². The Kier molecular flexibility index (Phi) is 13.8. The van der Waals surface area contributed by atoms with E-state index >= 15 is 0 Å². The second-order valence-corrected chi connectivity index (χ2v) is 8.03. The number of benzene rings is 1. The summed E-state index contributed by atoms with van der Waals surface area (Å²) < 4.78 is 18.8. The molecule has 0 bridgehead atoms. The number of amides is 1. The zero-order valence-electron chi connectivity index (χ0n) is 20.1. The van der Waals surface area contributed by atoms with Crippen LogP contribution in [0, 0.1) is 0 Å². The Morgan fingerprint density at radius 1 is 1.11 bits per heavy atom. The molecule has 1 heterocycles. The SMILES string of the molecule is COC(=O)OC(C)OP(O)Oc1ccccc1N.NCCCCC(N)C(=O)Nc1ccc(N)c(N)n1. The number of nitrogens with one attached hydrogen (secondary N) is 1. The van der Waals surface area contributed by atoms with E-state index in [1.807, 2.05) is 0 Å². The van der Waals surface area contributed by atoms with Crippen molar-refractivity contribution in [3.8, 4) is 5.75 Å². The van der Waals surface area contributed by atoms with Gasteiger partial charge in [-0.2, -0.15) is 0 Å². The van der Waals surface area contributed by atoms with Crippen molar-refractivity contribution in [1.29, 1.82) is 0 Å². The van der Waals surface area contributed by atoms with Crippen molar-refractivity contribution in [2.24, 2.45) is 11.5 Å². The minimum atomic E-state index is -2.26. The van der Waals surface area contributed by atoms with Crippen molar-refractivity contribution in [2.45, 2.75) is 38.5 Å². The molecule has 0 saturated heterocycles. The maximum Gasteiger partial charge on any atom is 0.510 e. The van der Waals surface area contributed by atoms with Crippen LogP contribution in [-0.4, -0.2) is 47.9 Å². The van der Waals surface area contributed by atoms with Gasteiger partial charge in [0.2, 0.25) is 12.2 Å². The zero-order valence-corrected chi connectivity index (χ0v) is 21.0. The average molecular weight is 528 g/mol. The van der Waals surface area contributed by atoms with Crippen LogP contribution < -0.4 is 38.5 Å². The number of ether oxygens (including phenoxy) is 2. The van der Waals surface area contributed by atoms with Gasteiger partial charge in [0.15, 0.2) is 5.75 Å². The highest BCUT2D eigenvalue weighted by molar-refractivity contribution is 7.41. The van der Waals surface area contributed by atoms with Crippen LogP contribution in [0.1, 0.15) is 26.2 Å². The molecule has 15 heteroatoms. The number of nitrogen functional groups attached to an aromatic ring is 3. The molecule has 0 aliphatic rings. The van der Waals surface area contributed by atoms with E-state index in [4.69, 9.17) is 37.7 Å². The van der Waals surface area contributed by atoms with Crippen LogP contribution in [0.15, 0.2) is 36.4 Å². The summed E-state index contributed by atoms with van der Waals surface area (Å²) in [6, 6.07) is 9.21. The first-order valence-electron chi connectivity index (χ1n) is 10.8. The van der Waals surface area contributed by atoms with Crippen molar-refractivity contribution in [3.63, 3.8) is 0 Å². The topological polar surface area (TPSA) is 246 Å². The highest BCUT2D eigenvalue weighted by Gasteiger charge is 2.18. The number of aromatic nitrogens is 1. The number of carbonyl (C=O) groups is 2. The smallest absolute Gasteiger partial charge is 0.438 e. The van der Waals surface area contributed by atoms with E-state index in [1.54, 1.807) is 36.4 Å². The first-order valence-corrected chi connectivity index (χ1v) is 11.9. The summed E-state index contributed by atoms with van der Waals surface area (Å²) in [5.74, 6) is 0.533. The van der Waals surface area contributed by atoms with Gasteiger partial charge in [-0.1, -0.05) is 18.6 Å². The predicted molar refractivity (Wildman–Crippen MR) is 137 cm³/mol. The molecule has 12 N–H and O–H groups in total. The molecule has 3 atom stereocenters. The maximum atomic E-state index is 11.7. The number of anilines is 4. The highest BCUT2D eigenvalue weighted by atomic mass is 31.2. The van der Waals surface area contributed by atoms with Gasteiger partial charge < -0.3 is 52.9 Å². The van der Waals surface area contributed by atoms with Crippen LogP contribution in [0.4, 0.5) is 27.8 Å². The summed E-state index contributed by atoms with van der Waals surface area (Å²) in [6.45, 7) is 2.02. The zero-order chi connectivity index (χ0) is 27.1. The summed E-state index contributed by atoms with van der Waals surface area (Å²) in [5.41, 5.74) is 28.5. The van der Waals surface area contributed by atoms with Crippen molar-refractivity contribution in [3.05, 3.63) is 36.4 Å². The van der Waals surface area contributed by atoms with Gasteiger partial charge in [-0.3, -0.25) is 9.32 Å². The van der Waals surface area contributed by atoms with Crippen LogP contribution in [0.25, 0.3) is 0 Å². The first-order chi connectivity index (χ1) is 17.1. The van der Waals surface area contributed by atoms with E-state index in [2.05, 4.69) is 19.8 Å². The minimum Gasteiger partial charge on any atom is -0.438 e. The van der Waals surface area contributed by atoms with Gasteiger partial charge in [0, 0.05) is 0 Å². The fraction of sp³-hybridized carbons (Fsp3) is 0.381. The molecule has 0 aliphatic carbocycles. The summed E-state index contributed by atoms with van der Waals surface area (Å²) in [6.07, 6.45) is 0.354. The Balaban J connectivity index is 0.000000360. The van der Waals surface area contributed by atoms with Gasteiger partial charge in [0.25, 0.3) is 0 Å². The monoisotopic (exact) mass is 527 g/mol. The number of hydrogen-bond donors (Lipinski definition) is 7. The van der Waals surface area contributed by atoms with Crippen molar-refractivity contribution < 1.29 is 33.0 Å². The van der Waals surface area contributed by atoms with Crippen LogP contribution in [0.5, 0.6) is 5.75 Å². The number of nitrogens with zero attached hydrogens (tertiary/aromatic N) is 1. The molecule has 200 valence electrons. The van der Waals surface area contributed by atoms with Gasteiger partial charge in [-0.15, -0.1) is 0 Å². The average Bonchev–Trinajstić information content (AvgIpc) is 2.83. The van der Waals surface area contributed by atoms with E-state index in [0.29, 0.717) is 30.2 Å². The second-order valence-electron chi connectivity index (χ2n) is 7.16. The summed E-state index contributed by atoms with van der Waals surface area (Å²) in [5, 5.41) is 2.59. The molecule has 2 aromatic rings. The van der Waals surface area contributed by atoms with Crippen LogP contribution in [0.2, 0.25) is 0 Å². The fourth-order valence-electron chi connectivity index (χ4n) is 2.42. The van der Waals surface area contributed by atoms with Crippen molar-refractivity contribution >= 4 is 43.7 Å². The third kappa shape index (κ3) is 11.8. The normalized spacial score (nSPS) is 12.8. The van der Waals surface area contributed by atoms with Gasteiger partial charge in [0.05, 0.1) is 24.5 Å². The predicted octanol–water partition coefficient (Wildman–Crippen LogP) is 1.65. The van der Waals surface area contributed by atoms with E-state index in [0.717, 1.165) is 20.0 Å². The quantitative estimate of drug-likeness (QED) is 0.0723. The molecule has 36 heavy (non-hydrogen) atoms. The molecule has 0 saturated carbocycles. The van der Waals surface area contributed by atoms with Gasteiger partial charge in [-0.05, 0) is 50.6 Å². The maximum absolute atomic E-state index is 11.7. The Morgan fingerprint density at radius 3 is 2.42 bits per heavy atom. The molecule has 3 unspecified atom stereocenters. The van der Waals surface area contributed by atoms with E-state index in [1.165, 1.54) is 6.92 Å². The van der Waals surface area contributed by atoms with Crippen LogP contribution >= 0.6 is 8.60 Å². The van der Waals surface area contributed by atoms with Crippen LogP contribution in [-0.2, 0) is 18.8 Å². The first kappa shape index (κ1) is 30.6. The standard InChI is InChI=1S/C11H20N6O.C10H14NO6P/c12-6-2-1-3-8(14)11(18)17-9-5-4-7(13)10(15)16-9;1-7(15-10(12)14-2)16-18(13)17-9-6-4-3-5-8(9)11/h4-5,8H,1-3,6,12-14H2,(H3,15,16,17,18);3-7,13H,11H2,1-2H3. The van der Waals surface area contributed by atoms with Gasteiger partial charge in [0.1, 0.15) is 11.6 Å². The molecule has 0 aliphatic heterocycles. The summed E-state index contributed by atoms with van der Waals surface area (Å²) in [4.78, 5) is 35.9. The molecule has 0 radical (unpaired) electrons. The number of unbranched alkanes of at least 4 members (excludes halogenated alkanes) is 1. The minimum absolute atomic E-state index is 0.185. The molecular formula is C21H34N7O7P. The Bertz CT molecular complexity index is 970. The Morgan fingerprint density at radius 2 is 1.81 bits per heavy atom. The van der Waals surface area contributed by atoms with Gasteiger partial charge >= 0.3 is 14.8 Å². The van der Waals surface area contributed by atoms with Crippen LogP contribution in [0.3, 0.4) is 0 Å². The molecule has 0 fully saturated rings. The third-order valence-corrected chi connectivity index (χ3v) is 5.11. The molecule has 14 nitrogen and oxygen atoms in total. The lowest BCUT2D eigenvalue weighted by molar-refractivity contribution is -0.117. The third-order valence-electron chi connectivity index (χ3n) is 4.28. The lowest BCUT2D eigenvalue weighted by Gasteiger charge is -2.17. The number of pyridine rings is 1.